The fraction of sp³-hybridized carbons (Fsp3) is 0.818. The molecule has 0 amide bonds. The van der Waals surface area contributed by atoms with E-state index < -0.39 is 0 Å². The lowest BCUT2D eigenvalue weighted by Crippen LogP contribution is -2.45. The van der Waals surface area contributed by atoms with E-state index in [0.29, 0.717) is 18.0 Å². The first-order chi connectivity index (χ1) is 7.78. The molecule has 0 aromatic carbocycles. The Balaban J connectivity index is 0.000000325. The van der Waals surface area contributed by atoms with Gasteiger partial charge in [-0.05, 0) is 33.7 Å². The molecule has 5 nitrogen and oxygen atoms in total. The van der Waals surface area contributed by atoms with Crippen molar-refractivity contribution < 1.29 is 14.6 Å². The maximum absolute atomic E-state index is 9.60. The van der Waals surface area contributed by atoms with Gasteiger partial charge in [-0.2, -0.15) is 0 Å². The first kappa shape index (κ1) is 16.3. The summed E-state index contributed by atoms with van der Waals surface area (Å²) in [5.74, 6) is 0.0243. The summed E-state index contributed by atoms with van der Waals surface area (Å²) >= 11 is 4.78. The van der Waals surface area contributed by atoms with Gasteiger partial charge in [-0.15, -0.1) is 0 Å². The van der Waals surface area contributed by atoms with Crippen molar-refractivity contribution in [3.8, 4) is 0 Å². The number of β-amino-alcohol motifs (C(OH)–C–C–N with tert-alkyl or cyclic N) is 1. The Labute approximate surface area is 108 Å². The highest BCUT2D eigenvalue weighted by Gasteiger charge is 2.24. The van der Waals surface area contributed by atoms with E-state index in [2.05, 4.69) is 10.1 Å². The summed E-state index contributed by atoms with van der Waals surface area (Å²) in [5.41, 5.74) is 5.08. The van der Waals surface area contributed by atoms with Gasteiger partial charge in [0.25, 0.3) is 6.47 Å². The molecule has 4 N–H and O–H groups in total. The number of aliphatic hydroxyl groups excluding tert-OH is 1. The fourth-order valence-electron chi connectivity index (χ4n) is 1.32. The Morgan fingerprint density at radius 1 is 1.59 bits per heavy atom. The van der Waals surface area contributed by atoms with Crippen LogP contribution in [0.25, 0.3) is 0 Å². The number of aliphatic hydroxyl groups is 1. The standard InChI is InChI=1S/C6H12N2OS.C5H10O2/c7-6(10)4-1-2-8-3-5(4)9;1-5(2,3)7-4-6/h4-5,8-9H,1-3H2,(H2,7,10);4H,1-3H3. The zero-order valence-electron chi connectivity index (χ0n) is 10.6. The van der Waals surface area contributed by atoms with Gasteiger partial charge in [-0.1, -0.05) is 12.2 Å². The lowest BCUT2D eigenvalue weighted by atomic mass is 9.95. The molecule has 1 aliphatic heterocycles. The second-order valence-corrected chi connectivity index (χ2v) is 5.37. The van der Waals surface area contributed by atoms with Crippen molar-refractivity contribution in [2.24, 2.45) is 11.7 Å². The molecule has 0 aliphatic carbocycles. The van der Waals surface area contributed by atoms with E-state index in [1.165, 1.54) is 0 Å². The van der Waals surface area contributed by atoms with E-state index in [0.717, 1.165) is 13.0 Å². The predicted octanol–water partition coefficient (Wildman–Crippen LogP) is 0.201. The average Bonchev–Trinajstić information content (AvgIpc) is 2.16. The molecular weight excluding hydrogens is 240 g/mol. The smallest absolute Gasteiger partial charge is 0.293 e. The number of carbonyl (C=O) groups is 1. The Hall–Kier alpha value is -0.720. The maximum Gasteiger partial charge on any atom is 0.293 e. The minimum atomic E-state index is -0.383. The fourth-order valence-corrected chi connectivity index (χ4v) is 1.59. The normalized spacial score (nSPS) is 24.2. The second kappa shape index (κ2) is 7.58. The van der Waals surface area contributed by atoms with Crippen LogP contribution in [0.1, 0.15) is 27.2 Å². The number of thiocarbonyl (C=S) groups is 1. The largest absolute Gasteiger partial charge is 0.462 e. The van der Waals surface area contributed by atoms with Crippen molar-refractivity contribution in [3.63, 3.8) is 0 Å². The van der Waals surface area contributed by atoms with E-state index in [1.54, 1.807) is 0 Å². The average molecular weight is 262 g/mol. The van der Waals surface area contributed by atoms with Gasteiger partial charge in [0.15, 0.2) is 0 Å². The van der Waals surface area contributed by atoms with Crippen molar-refractivity contribution in [3.05, 3.63) is 0 Å². The van der Waals surface area contributed by atoms with Crippen LogP contribution >= 0.6 is 12.2 Å². The highest BCUT2D eigenvalue weighted by Crippen LogP contribution is 2.11. The highest BCUT2D eigenvalue weighted by atomic mass is 32.1. The third-order valence-corrected chi connectivity index (χ3v) is 2.52. The van der Waals surface area contributed by atoms with Crippen LogP contribution in [0.4, 0.5) is 0 Å². The number of hydrogen-bond donors (Lipinski definition) is 3. The summed E-state index contributed by atoms with van der Waals surface area (Å²) in [4.78, 5) is 10.0. The summed E-state index contributed by atoms with van der Waals surface area (Å²) in [5, 5.41) is 12.4. The van der Waals surface area contributed by atoms with Crippen LogP contribution < -0.4 is 11.1 Å². The molecule has 100 valence electrons. The third kappa shape index (κ3) is 8.06. The molecule has 1 fully saturated rings. The monoisotopic (exact) mass is 262 g/mol. The minimum absolute atomic E-state index is 0.0243. The van der Waals surface area contributed by atoms with Crippen LogP contribution in [0.15, 0.2) is 0 Å². The Morgan fingerprint density at radius 2 is 2.18 bits per heavy atom. The van der Waals surface area contributed by atoms with E-state index in [-0.39, 0.29) is 17.6 Å². The molecule has 0 aromatic heterocycles. The summed E-state index contributed by atoms with van der Waals surface area (Å²) < 4.78 is 4.55. The maximum atomic E-state index is 9.60. The summed E-state index contributed by atoms with van der Waals surface area (Å²) in [6.45, 7) is 7.44. The van der Waals surface area contributed by atoms with E-state index in [4.69, 9.17) is 18.0 Å². The zero-order valence-corrected chi connectivity index (χ0v) is 11.4. The summed E-state index contributed by atoms with van der Waals surface area (Å²) in [6.07, 6.45) is 0.475. The van der Waals surface area contributed by atoms with Gasteiger partial charge in [-0.25, -0.2) is 0 Å². The van der Waals surface area contributed by atoms with E-state index in [1.807, 2.05) is 20.8 Å². The second-order valence-electron chi connectivity index (χ2n) is 4.90. The van der Waals surface area contributed by atoms with Crippen molar-refractivity contribution >= 4 is 23.7 Å². The summed E-state index contributed by atoms with van der Waals surface area (Å²) in [7, 11) is 0. The van der Waals surface area contributed by atoms with Crippen LogP contribution in [0.2, 0.25) is 0 Å². The van der Waals surface area contributed by atoms with Crippen molar-refractivity contribution in [2.45, 2.75) is 38.9 Å². The number of ether oxygens (including phenoxy) is 1. The van der Waals surface area contributed by atoms with Gasteiger partial charge in [0.1, 0.15) is 5.60 Å². The van der Waals surface area contributed by atoms with Crippen LogP contribution in [0.3, 0.4) is 0 Å². The molecule has 1 heterocycles. The number of piperidine rings is 1. The molecule has 1 rings (SSSR count). The van der Waals surface area contributed by atoms with Gasteiger partial charge in [0.05, 0.1) is 11.1 Å². The molecule has 2 unspecified atom stereocenters. The van der Waals surface area contributed by atoms with Gasteiger partial charge in [-0.3, -0.25) is 4.79 Å². The number of nitrogens with one attached hydrogen (secondary N) is 1. The topological polar surface area (TPSA) is 84.6 Å². The van der Waals surface area contributed by atoms with Crippen LogP contribution in [-0.2, 0) is 9.53 Å². The Bertz CT molecular complexity index is 254. The SMILES string of the molecule is CC(C)(C)OC=O.NC(=S)C1CCNCC1O. The molecule has 17 heavy (non-hydrogen) atoms. The predicted molar refractivity (Wildman–Crippen MR) is 70.7 cm³/mol. The van der Waals surface area contributed by atoms with Gasteiger partial charge in [0, 0.05) is 12.5 Å². The Morgan fingerprint density at radius 3 is 2.41 bits per heavy atom. The first-order valence-electron chi connectivity index (χ1n) is 5.57. The van der Waals surface area contributed by atoms with E-state index >= 15 is 0 Å². The Kier molecular flexibility index (Phi) is 7.26. The molecular formula is C11H22N2O3S. The number of carbonyl (C=O) groups excluding carboxylic acids is 1. The number of nitrogens with two attached hydrogens (primary N) is 1. The molecule has 0 bridgehead atoms. The van der Waals surface area contributed by atoms with Crippen molar-refractivity contribution in [1.29, 1.82) is 0 Å². The molecule has 6 heteroatoms. The molecule has 2 atom stereocenters. The molecule has 0 spiro atoms. The molecule has 0 saturated carbocycles. The van der Waals surface area contributed by atoms with Crippen molar-refractivity contribution in [1.82, 2.24) is 5.32 Å². The van der Waals surface area contributed by atoms with Crippen LogP contribution in [-0.4, -0.2) is 41.4 Å². The lowest BCUT2D eigenvalue weighted by Gasteiger charge is -2.27. The van der Waals surface area contributed by atoms with Crippen LogP contribution in [0.5, 0.6) is 0 Å². The van der Waals surface area contributed by atoms with Gasteiger partial charge >= 0.3 is 0 Å². The zero-order chi connectivity index (χ0) is 13.5. The van der Waals surface area contributed by atoms with E-state index in [9.17, 15) is 9.90 Å². The molecule has 0 aromatic rings. The van der Waals surface area contributed by atoms with Crippen LogP contribution in [0, 0.1) is 5.92 Å². The first-order valence-corrected chi connectivity index (χ1v) is 5.98. The quantitative estimate of drug-likeness (QED) is 0.487. The highest BCUT2D eigenvalue weighted by molar-refractivity contribution is 7.80. The third-order valence-electron chi connectivity index (χ3n) is 2.22. The summed E-state index contributed by atoms with van der Waals surface area (Å²) in [6, 6.07) is 0. The minimum Gasteiger partial charge on any atom is -0.462 e. The van der Waals surface area contributed by atoms with Gasteiger partial charge < -0.3 is 20.9 Å². The number of rotatable bonds is 2. The molecule has 0 radical (unpaired) electrons. The molecule has 1 saturated heterocycles. The number of hydrogen-bond acceptors (Lipinski definition) is 5. The van der Waals surface area contributed by atoms with Crippen molar-refractivity contribution in [2.75, 3.05) is 13.1 Å². The molecule has 1 aliphatic rings. The lowest BCUT2D eigenvalue weighted by molar-refractivity contribution is -0.138. The van der Waals surface area contributed by atoms with Gasteiger partial charge in [0.2, 0.25) is 0 Å².